The van der Waals surface area contributed by atoms with E-state index < -0.39 is 5.82 Å². The quantitative estimate of drug-likeness (QED) is 0.902. The number of hydrogen-bond acceptors (Lipinski definition) is 3. The standard InChI is InChI=1S/C11H10BrFN4O/c12-9-2-1-7(13)5-8(9)11(18)14-4-3-10-15-6-16-17-10/h1-2,5-6H,3-4H2,(H,14,18)(H,15,16,17). The van der Waals surface area contributed by atoms with Crippen molar-refractivity contribution in [1.82, 2.24) is 20.5 Å². The molecule has 0 spiro atoms. The number of rotatable bonds is 4. The van der Waals surface area contributed by atoms with E-state index in [2.05, 4.69) is 36.4 Å². The van der Waals surface area contributed by atoms with Crippen molar-refractivity contribution < 1.29 is 9.18 Å². The molecule has 7 heteroatoms. The number of amides is 1. The zero-order valence-electron chi connectivity index (χ0n) is 9.28. The lowest BCUT2D eigenvalue weighted by molar-refractivity contribution is 0.0952. The number of halogens is 2. The number of hydrogen-bond donors (Lipinski definition) is 2. The summed E-state index contributed by atoms with van der Waals surface area (Å²) in [7, 11) is 0. The smallest absolute Gasteiger partial charge is 0.252 e. The average Bonchev–Trinajstić information content (AvgIpc) is 2.85. The van der Waals surface area contributed by atoms with E-state index in [-0.39, 0.29) is 11.5 Å². The van der Waals surface area contributed by atoms with Crippen molar-refractivity contribution in [3.05, 3.63) is 46.2 Å². The van der Waals surface area contributed by atoms with Gasteiger partial charge in [0, 0.05) is 17.4 Å². The number of carbonyl (C=O) groups excluding carboxylic acids is 1. The molecule has 18 heavy (non-hydrogen) atoms. The molecule has 1 amide bonds. The minimum atomic E-state index is -0.446. The molecule has 0 aliphatic heterocycles. The molecular weight excluding hydrogens is 303 g/mol. The van der Waals surface area contributed by atoms with Crippen molar-refractivity contribution in [2.24, 2.45) is 0 Å². The van der Waals surface area contributed by atoms with Gasteiger partial charge in [-0.3, -0.25) is 9.89 Å². The van der Waals surface area contributed by atoms with Crippen LogP contribution in [-0.4, -0.2) is 27.6 Å². The van der Waals surface area contributed by atoms with Crippen molar-refractivity contribution in [2.75, 3.05) is 6.54 Å². The molecule has 94 valence electrons. The number of nitrogens with zero attached hydrogens (tertiary/aromatic N) is 2. The van der Waals surface area contributed by atoms with Crippen LogP contribution in [0.25, 0.3) is 0 Å². The molecule has 0 atom stereocenters. The molecule has 0 saturated heterocycles. The molecule has 0 bridgehead atoms. The van der Waals surface area contributed by atoms with Gasteiger partial charge in [0.05, 0.1) is 5.56 Å². The highest BCUT2D eigenvalue weighted by Gasteiger charge is 2.10. The second kappa shape index (κ2) is 5.72. The number of nitrogens with one attached hydrogen (secondary N) is 2. The molecule has 1 heterocycles. The lowest BCUT2D eigenvalue weighted by atomic mass is 10.2. The normalized spacial score (nSPS) is 10.3. The van der Waals surface area contributed by atoms with Gasteiger partial charge in [-0.2, -0.15) is 5.10 Å². The number of aromatic nitrogens is 3. The highest BCUT2D eigenvalue weighted by atomic mass is 79.9. The summed E-state index contributed by atoms with van der Waals surface area (Å²) in [6.07, 6.45) is 1.94. The Kier molecular flexibility index (Phi) is 4.03. The maximum atomic E-state index is 13.0. The summed E-state index contributed by atoms with van der Waals surface area (Å²) in [6, 6.07) is 3.98. The Hall–Kier alpha value is -1.76. The predicted molar refractivity (Wildman–Crippen MR) is 66.5 cm³/mol. The van der Waals surface area contributed by atoms with Crippen LogP contribution in [0.2, 0.25) is 0 Å². The van der Waals surface area contributed by atoms with E-state index in [0.29, 0.717) is 23.3 Å². The van der Waals surface area contributed by atoms with Crippen LogP contribution >= 0.6 is 15.9 Å². The van der Waals surface area contributed by atoms with Crippen LogP contribution in [0.1, 0.15) is 16.2 Å². The van der Waals surface area contributed by atoms with Gasteiger partial charge in [-0.25, -0.2) is 9.37 Å². The first-order chi connectivity index (χ1) is 8.66. The van der Waals surface area contributed by atoms with Gasteiger partial charge >= 0.3 is 0 Å². The van der Waals surface area contributed by atoms with Crippen molar-refractivity contribution >= 4 is 21.8 Å². The Morgan fingerprint density at radius 3 is 3.06 bits per heavy atom. The third-order valence-electron chi connectivity index (χ3n) is 2.29. The van der Waals surface area contributed by atoms with Gasteiger partial charge in [0.2, 0.25) is 0 Å². The highest BCUT2D eigenvalue weighted by molar-refractivity contribution is 9.10. The summed E-state index contributed by atoms with van der Waals surface area (Å²) >= 11 is 3.21. The molecule has 2 N–H and O–H groups in total. The van der Waals surface area contributed by atoms with E-state index in [1.54, 1.807) is 0 Å². The zero-order valence-corrected chi connectivity index (χ0v) is 10.9. The molecular formula is C11H10BrFN4O. The van der Waals surface area contributed by atoms with E-state index in [9.17, 15) is 9.18 Å². The average molecular weight is 313 g/mol. The Morgan fingerprint density at radius 2 is 2.33 bits per heavy atom. The lowest BCUT2D eigenvalue weighted by Crippen LogP contribution is -2.26. The minimum Gasteiger partial charge on any atom is -0.352 e. The van der Waals surface area contributed by atoms with E-state index in [1.165, 1.54) is 24.5 Å². The molecule has 0 aliphatic rings. The van der Waals surface area contributed by atoms with Crippen LogP contribution in [-0.2, 0) is 6.42 Å². The van der Waals surface area contributed by atoms with Gasteiger partial charge in [0.1, 0.15) is 18.0 Å². The number of benzene rings is 1. The molecule has 1 aromatic heterocycles. The van der Waals surface area contributed by atoms with Gasteiger partial charge in [-0.05, 0) is 34.1 Å². The molecule has 0 radical (unpaired) electrons. The van der Waals surface area contributed by atoms with Crippen LogP contribution in [0.5, 0.6) is 0 Å². The summed E-state index contributed by atoms with van der Waals surface area (Å²) in [5.74, 6) is -0.0897. The van der Waals surface area contributed by atoms with Crippen molar-refractivity contribution in [1.29, 1.82) is 0 Å². The van der Waals surface area contributed by atoms with Crippen molar-refractivity contribution in [2.45, 2.75) is 6.42 Å². The monoisotopic (exact) mass is 312 g/mol. The van der Waals surface area contributed by atoms with Crippen LogP contribution in [0, 0.1) is 5.82 Å². The highest BCUT2D eigenvalue weighted by Crippen LogP contribution is 2.17. The molecule has 2 rings (SSSR count). The first kappa shape index (κ1) is 12.7. The van der Waals surface area contributed by atoms with E-state index in [1.807, 2.05) is 0 Å². The van der Waals surface area contributed by atoms with Crippen LogP contribution in [0.3, 0.4) is 0 Å². The van der Waals surface area contributed by atoms with E-state index in [0.717, 1.165) is 0 Å². The molecule has 0 saturated carbocycles. The van der Waals surface area contributed by atoms with Crippen molar-refractivity contribution in [3.8, 4) is 0 Å². The van der Waals surface area contributed by atoms with Gasteiger partial charge < -0.3 is 5.32 Å². The lowest BCUT2D eigenvalue weighted by Gasteiger charge is -2.06. The number of carbonyl (C=O) groups is 1. The largest absolute Gasteiger partial charge is 0.352 e. The van der Waals surface area contributed by atoms with Gasteiger partial charge in [0.15, 0.2) is 0 Å². The summed E-state index contributed by atoms with van der Waals surface area (Å²) in [5, 5.41) is 9.07. The Labute approximate surface area is 111 Å². The molecule has 5 nitrogen and oxygen atoms in total. The SMILES string of the molecule is O=C(NCCc1ncn[nH]1)c1cc(F)ccc1Br. The Balaban J connectivity index is 1.93. The Morgan fingerprint density at radius 1 is 1.50 bits per heavy atom. The van der Waals surface area contributed by atoms with Crippen LogP contribution in [0.15, 0.2) is 29.0 Å². The van der Waals surface area contributed by atoms with E-state index >= 15 is 0 Å². The summed E-state index contributed by atoms with van der Waals surface area (Å²) in [6.45, 7) is 0.400. The first-order valence-electron chi connectivity index (χ1n) is 5.24. The molecule has 2 aromatic rings. The van der Waals surface area contributed by atoms with E-state index in [4.69, 9.17) is 0 Å². The number of aromatic amines is 1. The minimum absolute atomic E-state index is 0.271. The molecule has 0 fully saturated rings. The Bertz CT molecular complexity index is 544. The maximum absolute atomic E-state index is 13.0. The predicted octanol–water partition coefficient (Wildman–Crippen LogP) is 1.68. The summed E-state index contributed by atoms with van der Waals surface area (Å²) in [4.78, 5) is 15.7. The third kappa shape index (κ3) is 3.13. The summed E-state index contributed by atoms with van der Waals surface area (Å²) < 4.78 is 13.6. The second-order valence-electron chi connectivity index (χ2n) is 3.56. The first-order valence-corrected chi connectivity index (χ1v) is 6.03. The summed E-state index contributed by atoms with van der Waals surface area (Å²) in [5.41, 5.74) is 0.271. The fourth-order valence-electron chi connectivity index (χ4n) is 1.41. The molecule has 1 aromatic carbocycles. The second-order valence-corrected chi connectivity index (χ2v) is 4.42. The maximum Gasteiger partial charge on any atom is 0.252 e. The third-order valence-corrected chi connectivity index (χ3v) is 2.98. The topological polar surface area (TPSA) is 70.7 Å². The van der Waals surface area contributed by atoms with Gasteiger partial charge in [-0.15, -0.1) is 0 Å². The van der Waals surface area contributed by atoms with Crippen molar-refractivity contribution in [3.63, 3.8) is 0 Å². The van der Waals surface area contributed by atoms with Gasteiger partial charge in [0.25, 0.3) is 5.91 Å². The van der Waals surface area contributed by atoms with Crippen LogP contribution < -0.4 is 5.32 Å². The fourth-order valence-corrected chi connectivity index (χ4v) is 1.84. The van der Waals surface area contributed by atoms with Crippen LogP contribution in [0.4, 0.5) is 4.39 Å². The molecule has 0 unspecified atom stereocenters. The van der Waals surface area contributed by atoms with Gasteiger partial charge in [-0.1, -0.05) is 0 Å². The number of H-pyrrole nitrogens is 1. The molecule has 0 aliphatic carbocycles. The fraction of sp³-hybridized carbons (Fsp3) is 0.182. The zero-order chi connectivity index (χ0) is 13.0.